The summed E-state index contributed by atoms with van der Waals surface area (Å²) in [5.41, 5.74) is 1.16. The van der Waals surface area contributed by atoms with Crippen LogP contribution in [0.5, 0.6) is 0 Å². The topological polar surface area (TPSA) is 61.8 Å². The van der Waals surface area contributed by atoms with E-state index in [4.69, 9.17) is 21.3 Å². The molecule has 1 atom stereocenters. The molecule has 0 bridgehead atoms. The summed E-state index contributed by atoms with van der Waals surface area (Å²) in [5.74, 6) is 1.40. The normalized spacial score (nSPS) is 16.7. The minimum Gasteiger partial charge on any atom is -0.379 e. The summed E-state index contributed by atoms with van der Waals surface area (Å²) in [5, 5.41) is 7.22. The Bertz CT molecular complexity index is 523. The van der Waals surface area contributed by atoms with Crippen LogP contribution in [-0.4, -0.2) is 68.3 Å². The minimum atomic E-state index is 0. The third-order valence-electron chi connectivity index (χ3n) is 4.07. The van der Waals surface area contributed by atoms with Crippen LogP contribution in [0, 0.1) is 5.92 Å². The van der Waals surface area contributed by atoms with Crippen LogP contribution in [-0.2, 0) is 11.2 Å². The Morgan fingerprint density at radius 1 is 1.35 bits per heavy atom. The van der Waals surface area contributed by atoms with Crippen LogP contribution in [0.15, 0.2) is 23.3 Å². The van der Waals surface area contributed by atoms with Gasteiger partial charge >= 0.3 is 0 Å². The highest BCUT2D eigenvalue weighted by atomic mass is 127. The highest BCUT2D eigenvalue weighted by Crippen LogP contribution is 2.06. The SMILES string of the molecule is CCNC(=NCC(C)CN1CCOCC1)NCCc1ccc(Cl)nc1.I. The lowest BCUT2D eigenvalue weighted by Crippen LogP contribution is -2.40. The molecule has 2 rings (SSSR count). The Hall–Kier alpha value is -0.640. The summed E-state index contributed by atoms with van der Waals surface area (Å²) in [6.07, 6.45) is 2.70. The van der Waals surface area contributed by atoms with E-state index in [-0.39, 0.29) is 24.0 Å². The first-order valence-corrected chi connectivity index (χ1v) is 9.48. The van der Waals surface area contributed by atoms with Gasteiger partial charge in [-0.15, -0.1) is 24.0 Å². The van der Waals surface area contributed by atoms with E-state index >= 15 is 0 Å². The van der Waals surface area contributed by atoms with Crippen LogP contribution in [0.4, 0.5) is 0 Å². The molecule has 1 fully saturated rings. The molecule has 8 heteroatoms. The fraction of sp³-hybridized carbons (Fsp3) is 0.667. The molecule has 148 valence electrons. The van der Waals surface area contributed by atoms with Gasteiger partial charge in [0, 0.05) is 45.5 Å². The number of hydrogen-bond acceptors (Lipinski definition) is 4. The molecular weight excluding hydrogens is 465 g/mol. The van der Waals surface area contributed by atoms with Gasteiger partial charge in [-0.1, -0.05) is 24.6 Å². The second-order valence-corrected chi connectivity index (χ2v) is 6.79. The number of halogens is 2. The van der Waals surface area contributed by atoms with Crippen LogP contribution in [0.1, 0.15) is 19.4 Å². The van der Waals surface area contributed by atoms with Crippen LogP contribution in [0.2, 0.25) is 5.15 Å². The summed E-state index contributed by atoms with van der Waals surface area (Å²) in [6, 6.07) is 3.83. The van der Waals surface area contributed by atoms with Gasteiger partial charge in [-0.05, 0) is 30.9 Å². The monoisotopic (exact) mass is 495 g/mol. The molecule has 1 saturated heterocycles. The van der Waals surface area contributed by atoms with Crippen molar-refractivity contribution < 1.29 is 4.74 Å². The second-order valence-electron chi connectivity index (χ2n) is 6.40. The maximum Gasteiger partial charge on any atom is 0.191 e. The predicted molar refractivity (Wildman–Crippen MR) is 119 cm³/mol. The maximum absolute atomic E-state index is 5.81. The number of guanidine groups is 1. The highest BCUT2D eigenvalue weighted by Gasteiger charge is 2.13. The average Bonchev–Trinajstić information content (AvgIpc) is 2.62. The number of morpholine rings is 1. The average molecular weight is 496 g/mol. The first kappa shape index (κ1) is 23.4. The molecule has 2 heterocycles. The highest BCUT2D eigenvalue weighted by molar-refractivity contribution is 14.0. The molecule has 6 nitrogen and oxygen atoms in total. The summed E-state index contributed by atoms with van der Waals surface area (Å²) in [4.78, 5) is 11.3. The third kappa shape index (κ3) is 9.34. The zero-order valence-electron chi connectivity index (χ0n) is 15.7. The molecule has 1 aromatic heterocycles. The number of pyridine rings is 1. The lowest BCUT2D eigenvalue weighted by atomic mass is 10.1. The molecule has 0 radical (unpaired) electrons. The first-order valence-electron chi connectivity index (χ1n) is 9.10. The number of nitrogens with one attached hydrogen (secondary N) is 2. The van der Waals surface area contributed by atoms with Crippen molar-refractivity contribution in [3.8, 4) is 0 Å². The van der Waals surface area contributed by atoms with E-state index in [9.17, 15) is 0 Å². The number of ether oxygens (including phenoxy) is 1. The zero-order valence-corrected chi connectivity index (χ0v) is 18.8. The molecule has 2 N–H and O–H groups in total. The molecule has 1 aliphatic heterocycles. The van der Waals surface area contributed by atoms with E-state index in [1.807, 2.05) is 18.3 Å². The Morgan fingerprint density at radius 2 is 2.12 bits per heavy atom. The van der Waals surface area contributed by atoms with E-state index in [0.717, 1.165) is 70.4 Å². The molecule has 0 spiro atoms. The van der Waals surface area contributed by atoms with Gasteiger partial charge in [-0.2, -0.15) is 0 Å². The van der Waals surface area contributed by atoms with Crippen LogP contribution in [0.25, 0.3) is 0 Å². The van der Waals surface area contributed by atoms with Gasteiger partial charge in [-0.3, -0.25) is 9.89 Å². The van der Waals surface area contributed by atoms with Crippen molar-refractivity contribution in [1.29, 1.82) is 0 Å². The Kier molecular flexibility index (Phi) is 12.2. The van der Waals surface area contributed by atoms with Gasteiger partial charge in [0.25, 0.3) is 0 Å². The molecule has 1 unspecified atom stereocenters. The Morgan fingerprint density at radius 3 is 2.77 bits per heavy atom. The van der Waals surface area contributed by atoms with E-state index < -0.39 is 0 Å². The van der Waals surface area contributed by atoms with Crippen molar-refractivity contribution in [3.63, 3.8) is 0 Å². The number of aromatic nitrogens is 1. The summed E-state index contributed by atoms with van der Waals surface area (Å²) >= 11 is 5.81. The summed E-state index contributed by atoms with van der Waals surface area (Å²) in [7, 11) is 0. The van der Waals surface area contributed by atoms with Crippen molar-refractivity contribution in [1.82, 2.24) is 20.5 Å². The fourth-order valence-electron chi connectivity index (χ4n) is 2.75. The molecule has 1 aromatic rings. The first-order chi connectivity index (χ1) is 12.2. The molecule has 0 aromatic carbocycles. The van der Waals surface area contributed by atoms with Gasteiger partial charge in [0.05, 0.1) is 13.2 Å². The fourth-order valence-corrected chi connectivity index (χ4v) is 2.86. The van der Waals surface area contributed by atoms with Crippen LogP contribution in [0.3, 0.4) is 0 Å². The molecular formula is C18H31ClIN5O. The van der Waals surface area contributed by atoms with Gasteiger partial charge in [0.1, 0.15) is 5.15 Å². The van der Waals surface area contributed by atoms with E-state index in [1.54, 1.807) is 0 Å². The van der Waals surface area contributed by atoms with Crippen molar-refractivity contribution in [2.24, 2.45) is 10.9 Å². The number of aliphatic imine (C=N–C) groups is 1. The van der Waals surface area contributed by atoms with Crippen molar-refractivity contribution in [2.75, 3.05) is 52.5 Å². The molecule has 1 aliphatic rings. The zero-order chi connectivity index (χ0) is 17.9. The number of rotatable bonds is 8. The standard InChI is InChI=1S/C18H30ClN5O.HI/c1-3-20-18(21-7-6-16-4-5-17(19)22-13-16)23-12-15(2)14-24-8-10-25-11-9-24;/h4-5,13,15H,3,6-12,14H2,1-2H3,(H2,20,21,23);1H. The van der Waals surface area contributed by atoms with Crippen molar-refractivity contribution >= 4 is 41.5 Å². The maximum atomic E-state index is 5.81. The van der Waals surface area contributed by atoms with Gasteiger partial charge in [-0.25, -0.2) is 4.98 Å². The van der Waals surface area contributed by atoms with Crippen LogP contribution < -0.4 is 10.6 Å². The van der Waals surface area contributed by atoms with E-state index in [0.29, 0.717) is 11.1 Å². The van der Waals surface area contributed by atoms with E-state index in [2.05, 4.69) is 34.4 Å². The molecule has 0 saturated carbocycles. The third-order valence-corrected chi connectivity index (χ3v) is 4.30. The quantitative estimate of drug-likeness (QED) is 0.251. The van der Waals surface area contributed by atoms with Crippen molar-refractivity contribution in [3.05, 3.63) is 29.0 Å². The van der Waals surface area contributed by atoms with Crippen LogP contribution >= 0.6 is 35.6 Å². The smallest absolute Gasteiger partial charge is 0.191 e. The lowest BCUT2D eigenvalue weighted by molar-refractivity contribution is 0.0323. The number of hydrogen-bond donors (Lipinski definition) is 2. The van der Waals surface area contributed by atoms with Gasteiger partial charge in [0.15, 0.2) is 5.96 Å². The van der Waals surface area contributed by atoms with Crippen molar-refractivity contribution in [2.45, 2.75) is 20.3 Å². The van der Waals surface area contributed by atoms with Gasteiger partial charge < -0.3 is 15.4 Å². The van der Waals surface area contributed by atoms with E-state index in [1.165, 1.54) is 0 Å². The predicted octanol–water partition coefficient (Wildman–Crippen LogP) is 2.42. The Balaban J connectivity index is 0.00000338. The Labute approximate surface area is 179 Å². The molecule has 26 heavy (non-hydrogen) atoms. The van der Waals surface area contributed by atoms with Gasteiger partial charge in [0.2, 0.25) is 0 Å². The lowest BCUT2D eigenvalue weighted by Gasteiger charge is -2.28. The molecule has 0 aliphatic carbocycles. The number of nitrogens with zero attached hydrogens (tertiary/aromatic N) is 3. The largest absolute Gasteiger partial charge is 0.379 e. The summed E-state index contributed by atoms with van der Waals surface area (Å²) < 4.78 is 5.40. The summed E-state index contributed by atoms with van der Waals surface area (Å²) in [6.45, 7) is 11.6. The second kappa shape index (κ2) is 13.5. The molecule has 0 amide bonds. The minimum absolute atomic E-state index is 0.